The van der Waals surface area contributed by atoms with Crippen molar-refractivity contribution in [3.8, 4) is 0 Å². The molecule has 1 nitrogen and oxygen atoms in total. The maximum atomic E-state index is 4.74. The first-order valence-corrected chi connectivity index (χ1v) is 14.9. The molecule has 1 N–H and O–H groups in total. The molecular weight excluding hydrogens is 422 g/mol. The summed E-state index contributed by atoms with van der Waals surface area (Å²) in [5.74, 6) is 1.11. The molecule has 2 unspecified atom stereocenters. The lowest BCUT2D eigenvalue weighted by Crippen LogP contribution is -2.38. The van der Waals surface area contributed by atoms with Crippen LogP contribution in [0.15, 0.2) is 48.6 Å². The van der Waals surface area contributed by atoms with Gasteiger partial charge in [-0.2, -0.15) is 0 Å². The number of aryl methyl sites for hydroxylation is 1. The Morgan fingerprint density at radius 3 is 2.37 bits per heavy atom. The predicted molar refractivity (Wildman–Crippen MR) is 154 cm³/mol. The van der Waals surface area contributed by atoms with Gasteiger partial charge in [-0.3, -0.25) is 0 Å². The summed E-state index contributed by atoms with van der Waals surface area (Å²) in [7, 11) is 0. The van der Waals surface area contributed by atoms with E-state index in [4.69, 9.17) is 6.58 Å². The van der Waals surface area contributed by atoms with Crippen LogP contribution in [0.2, 0.25) is 0 Å². The van der Waals surface area contributed by atoms with Crippen LogP contribution in [-0.4, -0.2) is 12.6 Å². The topological polar surface area (TPSA) is 12.0 Å². The van der Waals surface area contributed by atoms with Gasteiger partial charge in [-0.05, 0) is 73.5 Å². The Morgan fingerprint density at radius 2 is 1.71 bits per heavy atom. The van der Waals surface area contributed by atoms with Crippen molar-refractivity contribution in [2.24, 2.45) is 11.3 Å². The molecule has 0 radical (unpaired) electrons. The molecule has 35 heavy (non-hydrogen) atoms. The van der Waals surface area contributed by atoms with Gasteiger partial charge in [0.1, 0.15) is 0 Å². The van der Waals surface area contributed by atoms with Crippen molar-refractivity contribution in [2.75, 3.05) is 6.54 Å². The van der Waals surface area contributed by atoms with Gasteiger partial charge in [-0.15, -0.1) is 0 Å². The third-order valence-electron chi connectivity index (χ3n) is 9.31. The second kappa shape index (κ2) is 12.6. The Balaban J connectivity index is 1.65. The first-order chi connectivity index (χ1) is 17.0. The molecule has 0 heterocycles. The summed E-state index contributed by atoms with van der Waals surface area (Å²) in [4.78, 5) is 0. The molecule has 0 aromatic heterocycles. The van der Waals surface area contributed by atoms with Crippen LogP contribution in [0.1, 0.15) is 126 Å². The first-order valence-electron chi connectivity index (χ1n) is 14.9. The molecule has 1 aromatic rings. The van der Waals surface area contributed by atoms with Crippen LogP contribution in [0.3, 0.4) is 0 Å². The third-order valence-corrected chi connectivity index (χ3v) is 9.31. The van der Waals surface area contributed by atoms with E-state index in [9.17, 15) is 0 Å². The zero-order valence-electron chi connectivity index (χ0n) is 23.0. The molecule has 1 aromatic carbocycles. The van der Waals surface area contributed by atoms with Gasteiger partial charge in [0, 0.05) is 18.5 Å². The zero-order valence-corrected chi connectivity index (χ0v) is 23.0. The van der Waals surface area contributed by atoms with Gasteiger partial charge in [0.15, 0.2) is 0 Å². The summed E-state index contributed by atoms with van der Waals surface area (Å²) >= 11 is 0. The molecule has 3 aliphatic rings. The Kier molecular flexibility index (Phi) is 9.51. The molecule has 2 saturated carbocycles. The number of rotatable bonds is 9. The largest absolute Gasteiger partial charge is 0.313 e. The number of hydrogen-bond acceptors (Lipinski definition) is 1. The summed E-state index contributed by atoms with van der Waals surface area (Å²) in [6.45, 7) is 12.9. The summed E-state index contributed by atoms with van der Waals surface area (Å²) in [6.07, 6.45) is 26.1. The zero-order chi connectivity index (χ0) is 24.7. The van der Waals surface area contributed by atoms with Crippen LogP contribution in [-0.2, 0) is 0 Å². The molecule has 2 atom stereocenters. The highest BCUT2D eigenvalue weighted by Crippen LogP contribution is 2.47. The van der Waals surface area contributed by atoms with E-state index in [0.717, 1.165) is 13.0 Å². The smallest absolute Gasteiger partial charge is 0.00673 e. The molecule has 0 spiro atoms. The normalized spacial score (nSPS) is 25.2. The third kappa shape index (κ3) is 6.79. The average Bonchev–Trinajstić information content (AvgIpc) is 3.15. The van der Waals surface area contributed by atoms with Gasteiger partial charge in [0.05, 0.1) is 0 Å². The predicted octanol–water partition coefficient (Wildman–Crippen LogP) is 9.68. The fourth-order valence-corrected chi connectivity index (χ4v) is 6.92. The first kappa shape index (κ1) is 26.5. The van der Waals surface area contributed by atoms with Crippen molar-refractivity contribution < 1.29 is 0 Å². The highest BCUT2D eigenvalue weighted by molar-refractivity contribution is 5.69. The van der Waals surface area contributed by atoms with Crippen LogP contribution in [0, 0.1) is 18.3 Å². The summed E-state index contributed by atoms with van der Waals surface area (Å²) in [5, 5.41) is 4.10. The van der Waals surface area contributed by atoms with Gasteiger partial charge >= 0.3 is 0 Å². The molecule has 0 bridgehead atoms. The van der Waals surface area contributed by atoms with Crippen LogP contribution in [0.4, 0.5) is 0 Å². The average molecular weight is 474 g/mol. The quantitative estimate of drug-likeness (QED) is 0.352. The lowest BCUT2D eigenvalue weighted by Gasteiger charge is -2.40. The Labute approximate surface area is 216 Å². The van der Waals surface area contributed by atoms with Crippen LogP contribution in [0.25, 0.3) is 5.57 Å². The number of hydrogen-bond donors (Lipinski definition) is 1. The van der Waals surface area contributed by atoms with Crippen LogP contribution in [0.5, 0.6) is 0 Å². The summed E-state index contributed by atoms with van der Waals surface area (Å²) in [6, 6.07) is 7.92. The van der Waals surface area contributed by atoms with Gasteiger partial charge in [-0.25, -0.2) is 0 Å². The lowest BCUT2D eigenvalue weighted by molar-refractivity contribution is 0.304. The van der Waals surface area contributed by atoms with E-state index in [2.05, 4.69) is 62.5 Å². The highest BCUT2D eigenvalue weighted by Gasteiger charge is 2.36. The number of benzene rings is 1. The maximum Gasteiger partial charge on any atom is 0.00673 e. The van der Waals surface area contributed by atoms with Crippen molar-refractivity contribution in [3.63, 3.8) is 0 Å². The van der Waals surface area contributed by atoms with Crippen LogP contribution < -0.4 is 5.32 Å². The fraction of sp³-hybridized carbons (Fsp3) is 0.647. The molecule has 0 saturated heterocycles. The number of nitrogens with one attached hydrogen (secondary N) is 1. The monoisotopic (exact) mass is 473 g/mol. The molecule has 192 valence electrons. The molecular formula is C34H51N. The van der Waals surface area contributed by atoms with E-state index >= 15 is 0 Å². The van der Waals surface area contributed by atoms with E-state index < -0.39 is 0 Å². The minimum atomic E-state index is 0.129. The minimum absolute atomic E-state index is 0.129. The second-order valence-electron chi connectivity index (χ2n) is 12.2. The SMILES string of the molecule is C=C(c1ccc(C)cc1C(CNC1CCCCCC1)C1(C)C=CC(CCC)=CC1)C1CCCCC1. The summed E-state index contributed by atoms with van der Waals surface area (Å²) < 4.78 is 0. The van der Waals surface area contributed by atoms with Gasteiger partial charge in [0.2, 0.25) is 0 Å². The fourth-order valence-electron chi connectivity index (χ4n) is 6.92. The van der Waals surface area contributed by atoms with E-state index in [1.807, 2.05) is 0 Å². The Morgan fingerprint density at radius 1 is 1.03 bits per heavy atom. The number of allylic oxidation sites excluding steroid dienone is 5. The molecule has 2 fully saturated rings. The van der Waals surface area contributed by atoms with E-state index in [1.165, 1.54) is 106 Å². The molecule has 4 rings (SSSR count). The highest BCUT2D eigenvalue weighted by atomic mass is 14.9. The van der Waals surface area contributed by atoms with Crippen molar-refractivity contribution in [2.45, 2.75) is 123 Å². The van der Waals surface area contributed by atoms with Gasteiger partial charge < -0.3 is 5.32 Å². The lowest BCUT2D eigenvalue weighted by atomic mass is 9.66. The maximum absolute atomic E-state index is 4.74. The van der Waals surface area contributed by atoms with E-state index in [-0.39, 0.29) is 5.41 Å². The Bertz CT molecular complexity index is 891. The Hall–Kier alpha value is -1.60. The van der Waals surface area contributed by atoms with Crippen LogP contribution >= 0.6 is 0 Å². The van der Waals surface area contributed by atoms with Crippen molar-refractivity contribution >= 4 is 5.57 Å². The van der Waals surface area contributed by atoms with Gasteiger partial charge in [-0.1, -0.05) is 119 Å². The standard InChI is InChI=1S/C34H51N/c1-5-13-28-20-22-34(4,23-21-28)33(25-35-30-16-11-6-7-12-17-30)32-24-26(2)18-19-31(32)27(3)29-14-9-8-10-15-29/h18-22,24,29-30,33,35H,3,5-17,23,25H2,1-2,4H3. The van der Waals surface area contributed by atoms with Crippen molar-refractivity contribution in [3.05, 3.63) is 65.3 Å². The molecule has 0 aliphatic heterocycles. The van der Waals surface area contributed by atoms with Crippen molar-refractivity contribution in [1.29, 1.82) is 0 Å². The molecule has 0 amide bonds. The van der Waals surface area contributed by atoms with Gasteiger partial charge in [0.25, 0.3) is 0 Å². The van der Waals surface area contributed by atoms with Crippen molar-refractivity contribution in [1.82, 2.24) is 5.32 Å². The van der Waals surface area contributed by atoms with E-state index in [1.54, 1.807) is 5.56 Å². The summed E-state index contributed by atoms with van der Waals surface area (Å²) in [5.41, 5.74) is 7.44. The molecule has 3 aliphatic carbocycles. The second-order valence-corrected chi connectivity index (χ2v) is 12.2. The van der Waals surface area contributed by atoms with E-state index in [0.29, 0.717) is 17.9 Å². The molecule has 1 heteroatoms. The minimum Gasteiger partial charge on any atom is -0.313 e.